The second-order valence-corrected chi connectivity index (χ2v) is 5.25. The summed E-state index contributed by atoms with van der Waals surface area (Å²) in [5, 5.41) is 0.974. The van der Waals surface area contributed by atoms with Gasteiger partial charge in [0.15, 0.2) is 5.78 Å². The van der Waals surface area contributed by atoms with E-state index in [4.69, 9.17) is 0 Å². The van der Waals surface area contributed by atoms with Crippen LogP contribution < -0.4 is 0 Å². The van der Waals surface area contributed by atoms with Crippen LogP contribution in [0.2, 0.25) is 0 Å². The standard InChI is InChI=1S/C11H17NOS/c1-6(2)7(3)10(13)11-8(4)12-9(5)14-11/h6-7H,1-5H3. The molecule has 14 heavy (non-hydrogen) atoms. The van der Waals surface area contributed by atoms with Gasteiger partial charge in [0.1, 0.15) is 0 Å². The zero-order valence-electron chi connectivity index (χ0n) is 9.42. The lowest BCUT2D eigenvalue weighted by molar-refractivity contribution is 0.0903. The maximum atomic E-state index is 12.0. The molecule has 3 heteroatoms. The molecule has 0 aliphatic carbocycles. The molecule has 0 aliphatic rings. The first-order valence-corrected chi connectivity index (χ1v) is 5.73. The zero-order valence-corrected chi connectivity index (χ0v) is 10.2. The average Bonchev–Trinajstić information content (AvgIpc) is 2.42. The quantitative estimate of drug-likeness (QED) is 0.718. The Balaban J connectivity index is 2.95. The number of hydrogen-bond donors (Lipinski definition) is 0. The van der Waals surface area contributed by atoms with Crippen LogP contribution in [0.3, 0.4) is 0 Å². The second-order valence-electron chi connectivity index (χ2n) is 4.04. The van der Waals surface area contributed by atoms with Gasteiger partial charge >= 0.3 is 0 Å². The summed E-state index contributed by atoms with van der Waals surface area (Å²) in [6.07, 6.45) is 0. The lowest BCUT2D eigenvalue weighted by Crippen LogP contribution is -2.16. The van der Waals surface area contributed by atoms with Gasteiger partial charge in [-0.2, -0.15) is 0 Å². The largest absolute Gasteiger partial charge is 0.293 e. The van der Waals surface area contributed by atoms with Crippen molar-refractivity contribution in [3.63, 3.8) is 0 Å². The van der Waals surface area contributed by atoms with Gasteiger partial charge in [-0.25, -0.2) is 4.98 Å². The number of Topliss-reactive ketones (excluding diaryl/α,β-unsaturated/α-hetero) is 1. The number of aromatic nitrogens is 1. The van der Waals surface area contributed by atoms with Crippen LogP contribution in [0, 0.1) is 25.7 Å². The molecule has 1 atom stereocenters. The SMILES string of the molecule is Cc1nc(C)c(C(=O)C(C)C(C)C)s1. The van der Waals surface area contributed by atoms with E-state index < -0.39 is 0 Å². The number of nitrogens with zero attached hydrogens (tertiary/aromatic N) is 1. The Labute approximate surface area is 89.4 Å². The highest BCUT2D eigenvalue weighted by Gasteiger charge is 2.22. The van der Waals surface area contributed by atoms with Crippen LogP contribution in [-0.4, -0.2) is 10.8 Å². The van der Waals surface area contributed by atoms with Crippen molar-refractivity contribution in [3.05, 3.63) is 15.6 Å². The Hall–Kier alpha value is -0.700. The molecule has 0 fully saturated rings. The summed E-state index contributed by atoms with van der Waals surface area (Å²) in [6, 6.07) is 0. The molecular weight excluding hydrogens is 194 g/mol. The average molecular weight is 211 g/mol. The van der Waals surface area contributed by atoms with Crippen molar-refractivity contribution >= 4 is 17.1 Å². The Bertz CT molecular complexity index is 341. The van der Waals surface area contributed by atoms with E-state index in [0.717, 1.165) is 15.6 Å². The van der Waals surface area contributed by atoms with Gasteiger partial charge in [0.25, 0.3) is 0 Å². The van der Waals surface area contributed by atoms with Gasteiger partial charge in [0, 0.05) is 5.92 Å². The molecule has 1 rings (SSSR count). The van der Waals surface area contributed by atoms with Gasteiger partial charge in [0.2, 0.25) is 0 Å². The van der Waals surface area contributed by atoms with Crippen molar-refractivity contribution in [1.29, 1.82) is 0 Å². The monoisotopic (exact) mass is 211 g/mol. The van der Waals surface area contributed by atoms with E-state index >= 15 is 0 Å². The van der Waals surface area contributed by atoms with Crippen LogP contribution >= 0.6 is 11.3 Å². The van der Waals surface area contributed by atoms with Crippen LogP contribution in [0.25, 0.3) is 0 Å². The van der Waals surface area contributed by atoms with Crippen molar-refractivity contribution < 1.29 is 4.79 Å². The molecule has 0 saturated heterocycles. The van der Waals surface area contributed by atoms with Crippen molar-refractivity contribution in [2.75, 3.05) is 0 Å². The van der Waals surface area contributed by atoms with E-state index in [-0.39, 0.29) is 11.7 Å². The number of ketones is 1. The van der Waals surface area contributed by atoms with Gasteiger partial charge in [-0.15, -0.1) is 11.3 Å². The summed E-state index contributed by atoms with van der Waals surface area (Å²) < 4.78 is 0. The normalized spacial score (nSPS) is 13.3. The van der Waals surface area contributed by atoms with Crippen LogP contribution in [0.4, 0.5) is 0 Å². The maximum Gasteiger partial charge on any atom is 0.177 e. The summed E-state index contributed by atoms with van der Waals surface area (Å²) in [5.41, 5.74) is 0.880. The Kier molecular flexibility index (Phi) is 3.43. The minimum Gasteiger partial charge on any atom is -0.293 e. The third-order valence-corrected chi connectivity index (χ3v) is 3.63. The highest BCUT2D eigenvalue weighted by Crippen LogP contribution is 2.23. The van der Waals surface area contributed by atoms with Crippen LogP contribution in [-0.2, 0) is 0 Å². The van der Waals surface area contributed by atoms with Crippen LogP contribution in [0.15, 0.2) is 0 Å². The predicted octanol–water partition coefficient (Wildman–Crippen LogP) is 3.23. The maximum absolute atomic E-state index is 12.0. The third-order valence-electron chi connectivity index (χ3n) is 2.54. The first-order chi connectivity index (χ1) is 6.43. The molecular formula is C11H17NOS. The smallest absolute Gasteiger partial charge is 0.177 e. The van der Waals surface area contributed by atoms with E-state index in [9.17, 15) is 4.79 Å². The third kappa shape index (κ3) is 2.21. The summed E-state index contributed by atoms with van der Waals surface area (Å²) in [4.78, 5) is 17.1. The van der Waals surface area contributed by atoms with Crippen molar-refractivity contribution in [2.45, 2.75) is 34.6 Å². The molecule has 0 N–H and O–H groups in total. The molecule has 0 radical (unpaired) electrons. The van der Waals surface area contributed by atoms with E-state index in [1.165, 1.54) is 11.3 Å². The van der Waals surface area contributed by atoms with Gasteiger partial charge in [-0.3, -0.25) is 4.79 Å². The molecule has 1 heterocycles. The molecule has 1 aromatic heterocycles. The van der Waals surface area contributed by atoms with E-state index in [1.807, 2.05) is 20.8 Å². The summed E-state index contributed by atoms with van der Waals surface area (Å²) >= 11 is 1.51. The molecule has 1 aromatic rings. The Morgan fingerprint density at radius 3 is 2.21 bits per heavy atom. The fraction of sp³-hybridized carbons (Fsp3) is 0.636. The minimum absolute atomic E-state index is 0.0912. The van der Waals surface area contributed by atoms with Crippen molar-refractivity contribution in [2.24, 2.45) is 11.8 Å². The molecule has 2 nitrogen and oxygen atoms in total. The molecule has 0 aromatic carbocycles. The van der Waals surface area contributed by atoms with E-state index in [1.54, 1.807) is 0 Å². The number of carbonyl (C=O) groups is 1. The zero-order chi connectivity index (χ0) is 10.9. The van der Waals surface area contributed by atoms with E-state index in [0.29, 0.717) is 5.92 Å². The van der Waals surface area contributed by atoms with Crippen LogP contribution in [0.5, 0.6) is 0 Å². The molecule has 78 valence electrons. The summed E-state index contributed by atoms with van der Waals surface area (Å²) in [7, 11) is 0. The predicted molar refractivity (Wildman–Crippen MR) is 59.9 cm³/mol. The fourth-order valence-corrected chi connectivity index (χ4v) is 2.23. The lowest BCUT2D eigenvalue weighted by atomic mass is 9.92. The number of carbonyl (C=O) groups excluding carboxylic acids is 1. The fourth-order valence-electron chi connectivity index (χ4n) is 1.27. The van der Waals surface area contributed by atoms with E-state index in [2.05, 4.69) is 18.8 Å². The van der Waals surface area contributed by atoms with Crippen LogP contribution in [0.1, 0.15) is 41.1 Å². The van der Waals surface area contributed by atoms with Gasteiger partial charge < -0.3 is 0 Å². The second kappa shape index (κ2) is 4.22. The van der Waals surface area contributed by atoms with Crippen molar-refractivity contribution in [1.82, 2.24) is 4.98 Å². The number of hydrogen-bond acceptors (Lipinski definition) is 3. The Morgan fingerprint density at radius 2 is 1.86 bits per heavy atom. The van der Waals surface area contributed by atoms with Gasteiger partial charge in [0.05, 0.1) is 15.6 Å². The lowest BCUT2D eigenvalue weighted by Gasteiger charge is -2.12. The number of thiazole rings is 1. The van der Waals surface area contributed by atoms with Crippen molar-refractivity contribution in [3.8, 4) is 0 Å². The number of rotatable bonds is 3. The highest BCUT2D eigenvalue weighted by atomic mass is 32.1. The van der Waals surface area contributed by atoms with Gasteiger partial charge in [-0.05, 0) is 19.8 Å². The molecule has 0 aliphatic heterocycles. The minimum atomic E-state index is 0.0912. The van der Waals surface area contributed by atoms with Gasteiger partial charge in [-0.1, -0.05) is 20.8 Å². The number of aryl methyl sites for hydroxylation is 2. The highest BCUT2D eigenvalue weighted by molar-refractivity contribution is 7.13. The summed E-state index contributed by atoms with van der Waals surface area (Å²) in [5.74, 6) is 0.723. The topological polar surface area (TPSA) is 30.0 Å². The first kappa shape index (κ1) is 11.4. The molecule has 0 amide bonds. The molecule has 0 spiro atoms. The molecule has 0 saturated carbocycles. The summed E-state index contributed by atoms with van der Waals surface area (Å²) in [6.45, 7) is 9.98. The first-order valence-electron chi connectivity index (χ1n) is 4.91. The Morgan fingerprint density at radius 1 is 1.29 bits per heavy atom. The molecule has 1 unspecified atom stereocenters. The molecule has 0 bridgehead atoms.